The number of hydrogen-bond acceptors (Lipinski definition) is 5. The van der Waals surface area contributed by atoms with Crippen molar-refractivity contribution in [2.24, 2.45) is 0 Å². The van der Waals surface area contributed by atoms with Gasteiger partial charge < -0.3 is 5.73 Å². The molecule has 0 saturated heterocycles. The summed E-state index contributed by atoms with van der Waals surface area (Å²) in [5.41, 5.74) is 7.72. The number of rotatable bonds is 4. The highest BCUT2D eigenvalue weighted by molar-refractivity contribution is 7.90. The van der Waals surface area contributed by atoms with Gasteiger partial charge in [-0.3, -0.25) is 0 Å². The number of pyridine rings is 1. The first-order chi connectivity index (χ1) is 11.7. The Hall–Kier alpha value is -2.74. The Balaban J connectivity index is 2.19. The third kappa shape index (κ3) is 2.89. The second kappa shape index (κ2) is 5.96. The third-order valence-corrected chi connectivity index (χ3v) is 5.88. The summed E-state index contributed by atoms with van der Waals surface area (Å²) in [6.07, 6.45) is 0. The Labute approximate surface area is 144 Å². The minimum atomic E-state index is -3.73. The van der Waals surface area contributed by atoms with Crippen LogP contribution in [0.25, 0.3) is 16.7 Å². The van der Waals surface area contributed by atoms with Crippen molar-refractivity contribution < 1.29 is 12.8 Å². The van der Waals surface area contributed by atoms with Crippen LogP contribution in [0.5, 0.6) is 0 Å². The first-order valence-corrected chi connectivity index (χ1v) is 9.06. The zero-order chi connectivity index (χ0) is 18.4. The van der Waals surface area contributed by atoms with Gasteiger partial charge in [0.2, 0.25) is 16.0 Å². The molecule has 3 aromatic rings. The van der Waals surface area contributed by atoms with Crippen LogP contribution >= 0.6 is 0 Å². The standard InChI is InChI=1S/C17H17FN4O2S/c1-10(2)25(23,24)22-16-15(21-17(22)19)8-7-14(20-16)11(3)12-5-4-6-13(18)9-12/h4-10H,3H2,1-2H3,(H2,19,21). The van der Waals surface area contributed by atoms with Crippen LogP contribution in [0.2, 0.25) is 0 Å². The average Bonchev–Trinajstić information content (AvgIpc) is 2.89. The number of nitrogens with zero attached hydrogens (tertiary/aromatic N) is 3. The Morgan fingerprint density at radius 2 is 1.96 bits per heavy atom. The van der Waals surface area contributed by atoms with Gasteiger partial charge in [0.25, 0.3) is 0 Å². The van der Waals surface area contributed by atoms with Crippen molar-refractivity contribution in [2.45, 2.75) is 19.1 Å². The van der Waals surface area contributed by atoms with Gasteiger partial charge in [0.15, 0.2) is 5.65 Å². The summed E-state index contributed by atoms with van der Waals surface area (Å²) in [6, 6.07) is 9.20. The fraction of sp³-hybridized carbons (Fsp3) is 0.176. The second-order valence-corrected chi connectivity index (χ2v) is 8.19. The third-order valence-electron chi connectivity index (χ3n) is 3.82. The molecule has 2 heterocycles. The molecule has 1 aromatic carbocycles. The van der Waals surface area contributed by atoms with Gasteiger partial charge in [-0.1, -0.05) is 18.7 Å². The normalized spacial score (nSPS) is 12.0. The zero-order valence-corrected chi connectivity index (χ0v) is 14.6. The molecule has 0 fully saturated rings. The van der Waals surface area contributed by atoms with Crippen molar-refractivity contribution in [1.82, 2.24) is 13.9 Å². The largest absolute Gasteiger partial charge is 0.368 e. The lowest BCUT2D eigenvalue weighted by Gasteiger charge is -2.11. The van der Waals surface area contributed by atoms with E-state index in [1.807, 2.05) is 0 Å². The highest BCUT2D eigenvalue weighted by Gasteiger charge is 2.25. The molecule has 0 saturated carbocycles. The topological polar surface area (TPSA) is 90.9 Å². The van der Waals surface area contributed by atoms with Gasteiger partial charge in [0.05, 0.1) is 10.9 Å². The summed E-state index contributed by atoms with van der Waals surface area (Å²) in [6.45, 7) is 7.04. The number of nitrogen functional groups attached to an aromatic ring is 1. The maximum atomic E-state index is 13.4. The van der Waals surface area contributed by atoms with E-state index in [4.69, 9.17) is 5.73 Å². The molecule has 25 heavy (non-hydrogen) atoms. The molecule has 2 aromatic heterocycles. The van der Waals surface area contributed by atoms with E-state index in [1.165, 1.54) is 12.1 Å². The minimum absolute atomic E-state index is 0.126. The lowest BCUT2D eigenvalue weighted by molar-refractivity contribution is 0.580. The SMILES string of the molecule is C=C(c1cccc(F)c1)c1ccc2nc(N)n(S(=O)(=O)C(C)C)c2n1. The first-order valence-electron chi connectivity index (χ1n) is 7.56. The fourth-order valence-corrected chi connectivity index (χ4v) is 3.51. The van der Waals surface area contributed by atoms with Crippen LogP contribution in [-0.4, -0.2) is 27.6 Å². The van der Waals surface area contributed by atoms with Crippen LogP contribution in [0, 0.1) is 5.82 Å². The summed E-state index contributed by atoms with van der Waals surface area (Å²) < 4.78 is 39.5. The van der Waals surface area contributed by atoms with Crippen molar-refractivity contribution in [2.75, 3.05) is 5.73 Å². The molecular formula is C17H17FN4O2S. The summed E-state index contributed by atoms with van der Waals surface area (Å²) in [7, 11) is -3.73. The maximum Gasteiger partial charge on any atom is 0.245 e. The Kier molecular flexibility index (Phi) is 4.08. The molecule has 0 aliphatic heterocycles. The highest BCUT2D eigenvalue weighted by atomic mass is 32.2. The van der Waals surface area contributed by atoms with Gasteiger partial charge in [-0.15, -0.1) is 0 Å². The molecule has 6 nitrogen and oxygen atoms in total. The molecule has 0 aliphatic rings. The highest BCUT2D eigenvalue weighted by Crippen LogP contribution is 2.25. The number of halogens is 1. The molecule has 0 unspecified atom stereocenters. The predicted molar refractivity (Wildman–Crippen MR) is 95.9 cm³/mol. The molecule has 3 rings (SSSR count). The van der Waals surface area contributed by atoms with Gasteiger partial charge in [-0.2, -0.15) is 3.97 Å². The number of aromatic nitrogens is 3. The molecule has 0 atom stereocenters. The van der Waals surface area contributed by atoms with Crippen molar-refractivity contribution in [3.63, 3.8) is 0 Å². The van der Waals surface area contributed by atoms with Crippen molar-refractivity contribution in [1.29, 1.82) is 0 Å². The Morgan fingerprint density at radius 1 is 1.24 bits per heavy atom. The number of anilines is 1. The smallest absolute Gasteiger partial charge is 0.245 e. The van der Waals surface area contributed by atoms with E-state index in [0.29, 0.717) is 22.3 Å². The molecule has 0 spiro atoms. The van der Waals surface area contributed by atoms with E-state index in [9.17, 15) is 12.8 Å². The van der Waals surface area contributed by atoms with E-state index in [0.717, 1.165) is 3.97 Å². The Bertz CT molecular complexity index is 1090. The van der Waals surface area contributed by atoms with Gasteiger partial charge in [-0.05, 0) is 43.7 Å². The average molecular weight is 360 g/mol. The predicted octanol–water partition coefficient (Wildman–Crippen LogP) is 2.80. The van der Waals surface area contributed by atoms with E-state index in [2.05, 4.69) is 16.5 Å². The summed E-state index contributed by atoms with van der Waals surface area (Å²) in [5, 5.41) is -0.691. The fourth-order valence-electron chi connectivity index (χ4n) is 2.41. The van der Waals surface area contributed by atoms with Crippen LogP contribution in [0.3, 0.4) is 0 Å². The van der Waals surface area contributed by atoms with Crippen molar-refractivity contribution >= 4 is 32.7 Å². The van der Waals surface area contributed by atoms with E-state index in [-0.39, 0.29) is 11.6 Å². The molecule has 0 bridgehead atoms. The van der Waals surface area contributed by atoms with Crippen LogP contribution in [0.4, 0.5) is 10.3 Å². The molecular weight excluding hydrogens is 343 g/mol. The number of hydrogen-bond donors (Lipinski definition) is 1. The van der Waals surface area contributed by atoms with Gasteiger partial charge in [-0.25, -0.2) is 22.8 Å². The van der Waals surface area contributed by atoms with Crippen LogP contribution < -0.4 is 5.73 Å². The molecule has 0 amide bonds. The summed E-state index contributed by atoms with van der Waals surface area (Å²) in [4.78, 5) is 8.43. The zero-order valence-electron chi connectivity index (χ0n) is 13.8. The quantitative estimate of drug-likeness (QED) is 0.772. The lowest BCUT2D eigenvalue weighted by atomic mass is 10.0. The van der Waals surface area contributed by atoms with Gasteiger partial charge in [0.1, 0.15) is 11.3 Å². The first kappa shape index (κ1) is 17.1. The summed E-state index contributed by atoms with van der Waals surface area (Å²) in [5.74, 6) is -0.541. The van der Waals surface area contributed by atoms with E-state index < -0.39 is 21.1 Å². The molecule has 8 heteroatoms. The number of benzene rings is 1. The number of nitrogens with two attached hydrogens (primary N) is 1. The number of imidazole rings is 1. The molecule has 2 N–H and O–H groups in total. The van der Waals surface area contributed by atoms with Crippen molar-refractivity contribution in [3.8, 4) is 0 Å². The number of fused-ring (bicyclic) bond motifs is 1. The van der Waals surface area contributed by atoms with Crippen LogP contribution in [0.15, 0.2) is 43.0 Å². The maximum absolute atomic E-state index is 13.4. The summed E-state index contributed by atoms with van der Waals surface area (Å²) >= 11 is 0. The van der Waals surface area contributed by atoms with Gasteiger partial charge >= 0.3 is 0 Å². The van der Waals surface area contributed by atoms with Gasteiger partial charge in [0, 0.05) is 5.57 Å². The minimum Gasteiger partial charge on any atom is -0.368 e. The van der Waals surface area contributed by atoms with E-state index >= 15 is 0 Å². The monoisotopic (exact) mass is 360 g/mol. The lowest BCUT2D eigenvalue weighted by Crippen LogP contribution is -2.24. The van der Waals surface area contributed by atoms with Crippen LogP contribution in [-0.2, 0) is 10.0 Å². The molecule has 0 aliphatic carbocycles. The van der Waals surface area contributed by atoms with Crippen molar-refractivity contribution in [3.05, 3.63) is 60.1 Å². The molecule has 130 valence electrons. The van der Waals surface area contributed by atoms with Crippen LogP contribution in [0.1, 0.15) is 25.1 Å². The Morgan fingerprint density at radius 3 is 2.60 bits per heavy atom. The van der Waals surface area contributed by atoms with E-state index in [1.54, 1.807) is 38.1 Å². The second-order valence-electron chi connectivity index (χ2n) is 5.86. The molecule has 0 radical (unpaired) electrons.